The summed E-state index contributed by atoms with van der Waals surface area (Å²) in [5.41, 5.74) is 5.63. The second-order valence-electron chi connectivity index (χ2n) is 12.3. The topological polar surface area (TPSA) is 46.9 Å². The summed E-state index contributed by atoms with van der Waals surface area (Å²) in [5.74, 6) is 2.24. The van der Waals surface area contributed by atoms with E-state index in [2.05, 4.69) is 87.9 Å². The molecule has 3 aromatic rings. The van der Waals surface area contributed by atoms with Crippen molar-refractivity contribution in [3.63, 3.8) is 0 Å². The number of nitrogens with zero attached hydrogens (tertiary/aromatic N) is 2. The molecular weight excluding hydrogens is 460 g/mol. The maximum Gasteiger partial charge on any atom is 0.164 e. The first kappa shape index (κ1) is 25.7. The summed E-state index contributed by atoms with van der Waals surface area (Å²) in [6.45, 7) is 7.96. The van der Waals surface area contributed by atoms with Crippen LogP contribution in [0, 0.1) is 11.3 Å². The summed E-state index contributed by atoms with van der Waals surface area (Å²) >= 11 is 0. The van der Waals surface area contributed by atoms with Gasteiger partial charge in [-0.15, -0.1) is 0 Å². The van der Waals surface area contributed by atoms with Crippen molar-refractivity contribution in [2.45, 2.75) is 58.5 Å². The van der Waals surface area contributed by atoms with Crippen LogP contribution >= 0.6 is 0 Å². The van der Waals surface area contributed by atoms with Crippen LogP contribution in [0.25, 0.3) is 23.1 Å². The number of likely N-dealkylation sites (N-methyl/N-ethyl adjacent to an activating group) is 1. The monoisotopic (exact) mass is 502 g/mol. The van der Waals surface area contributed by atoms with Crippen molar-refractivity contribution in [2.24, 2.45) is 18.4 Å². The predicted molar refractivity (Wildman–Crippen MR) is 153 cm³/mol. The smallest absolute Gasteiger partial charge is 0.164 e. The van der Waals surface area contributed by atoms with E-state index >= 15 is 0 Å². The number of aromatic hydroxyl groups is 1. The van der Waals surface area contributed by atoms with Crippen LogP contribution in [0.3, 0.4) is 0 Å². The number of hydrogen-bond acceptors (Lipinski definition) is 4. The minimum absolute atomic E-state index is 0.212. The zero-order valence-corrected chi connectivity index (χ0v) is 23.5. The lowest BCUT2D eigenvalue weighted by atomic mass is 9.59. The average molecular weight is 503 g/mol. The Morgan fingerprint density at radius 3 is 2.54 bits per heavy atom. The first-order valence-electron chi connectivity index (χ1n) is 13.5. The third-order valence-electron chi connectivity index (χ3n) is 8.77. The van der Waals surface area contributed by atoms with Gasteiger partial charge in [-0.1, -0.05) is 26.0 Å². The Hall–Kier alpha value is -2.92. The van der Waals surface area contributed by atoms with Crippen LogP contribution < -0.4 is 9.47 Å². The van der Waals surface area contributed by atoms with E-state index in [9.17, 15) is 5.11 Å². The molecule has 0 amide bonds. The fourth-order valence-electron chi connectivity index (χ4n) is 6.77. The molecule has 198 valence electrons. The second-order valence-corrected chi connectivity index (χ2v) is 12.3. The molecule has 1 N–H and O–H groups in total. The van der Waals surface area contributed by atoms with Gasteiger partial charge >= 0.3 is 0 Å². The fourth-order valence-corrected chi connectivity index (χ4v) is 6.77. The summed E-state index contributed by atoms with van der Waals surface area (Å²) < 4.78 is 14.6. The maximum atomic E-state index is 10.9. The third kappa shape index (κ3) is 4.74. The van der Waals surface area contributed by atoms with Gasteiger partial charge in [0.2, 0.25) is 0 Å². The SMILES string of the molecule is COc1cc(C=Cc2cc(O)c3c(c2)CC2C(C)(C)CCCC2(C)O3)cc2c1c(CCN(C)C)cn2C. The van der Waals surface area contributed by atoms with E-state index in [1.165, 1.54) is 23.8 Å². The van der Waals surface area contributed by atoms with E-state index in [1.54, 1.807) is 7.11 Å². The minimum Gasteiger partial charge on any atom is -0.504 e. The zero-order valence-electron chi connectivity index (χ0n) is 23.5. The first-order chi connectivity index (χ1) is 17.5. The average Bonchev–Trinajstić information content (AvgIpc) is 3.15. The Morgan fingerprint density at radius 1 is 1.11 bits per heavy atom. The highest BCUT2D eigenvalue weighted by atomic mass is 16.5. The number of fused-ring (bicyclic) bond motifs is 3. The minimum atomic E-state index is -0.212. The predicted octanol–water partition coefficient (Wildman–Crippen LogP) is 6.69. The summed E-state index contributed by atoms with van der Waals surface area (Å²) in [7, 11) is 8.04. The van der Waals surface area contributed by atoms with Crippen LogP contribution in [0.2, 0.25) is 0 Å². The Bertz CT molecular complexity index is 1350. The van der Waals surface area contributed by atoms with Gasteiger partial charge in [0.1, 0.15) is 11.4 Å². The molecule has 1 saturated carbocycles. The van der Waals surface area contributed by atoms with Gasteiger partial charge in [0, 0.05) is 31.1 Å². The zero-order chi connectivity index (χ0) is 26.5. The van der Waals surface area contributed by atoms with E-state index in [4.69, 9.17) is 9.47 Å². The van der Waals surface area contributed by atoms with Gasteiger partial charge in [0.15, 0.2) is 11.5 Å². The van der Waals surface area contributed by atoms with Crippen LogP contribution in [-0.4, -0.2) is 47.9 Å². The number of methoxy groups -OCH3 is 1. The first-order valence-corrected chi connectivity index (χ1v) is 13.5. The summed E-state index contributed by atoms with van der Waals surface area (Å²) in [5, 5.41) is 12.1. The lowest BCUT2D eigenvalue weighted by molar-refractivity contribution is -0.0827. The number of phenolic OH excluding ortho intramolecular Hbond substituents is 1. The lowest BCUT2D eigenvalue weighted by Gasteiger charge is -2.53. The van der Waals surface area contributed by atoms with E-state index < -0.39 is 0 Å². The van der Waals surface area contributed by atoms with Gasteiger partial charge in [-0.05, 0) is 105 Å². The number of benzene rings is 2. The lowest BCUT2D eigenvalue weighted by Crippen LogP contribution is -2.53. The Balaban J connectivity index is 1.46. The summed E-state index contributed by atoms with van der Waals surface area (Å²) in [6.07, 6.45) is 11.7. The molecule has 5 heteroatoms. The molecule has 1 aliphatic carbocycles. The molecule has 0 saturated heterocycles. The molecule has 2 unspecified atom stereocenters. The molecule has 1 aromatic heterocycles. The van der Waals surface area contributed by atoms with Gasteiger partial charge in [-0.25, -0.2) is 0 Å². The summed E-state index contributed by atoms with van der Waals surface area (Å²) in [4.78, 5) is 2.21. The number of hydrogen-bond donors (Lipinski definition) is 1. The standard InChI is InChI=1S/C32H42N2O3/c1-31(2)12-8-13-32(3)28(31)19-24-15-21(17-26(35)30(24)37-32)9-10-22-16-25-29(27(18-22)36-7)23(20-34(25)6)11-14-33(4)5/h9-10,15-18,20,28,35H,8,11-14,19H2,1-7H3. The number of phenols is 1. The molecule has 2 heterocycles. The van der Waals surface area contributed by atoms with Crippen LogP contribution in [0.15, 0.2) is 30.5 Å². The molecule has 0 spiro atoms. The van der Waals surface area contributed by atoms with Crippen molar-refractivity contribution < 1.29 is 14.6 Å². The normalized spacial score (nSPS) is 22.8. The highest BCUT2D eigenvalue weighted by Gasteiger charge is 2.51. The van der Waals surface area contributed by atoms with Gasteiger partial charge in [-0.3, -0.25) is 0 Å². The molecule has 0 bridgehead atoms. The molecule has 37 heavy (non-hydrogen) atoms. The highest BCUT2D eigenvalue weighted by Crippen LogP contribution is 2.54. The van der Waals surface area contributed by atoms with Crippen molar-refractivity contribution in [2.75, 3.05) is 27.7 Å². The van der Waals surface area contributed by atoms with Gasteiger partial charge in [0.05, 0.1) is 12.6 Å². The number of ether oxygens (including phenoxy) is 2. The van der Waals surface area contributed by atoms with Crippen molar-refractivity contribution >= 4 is 23.1 Å². The van der Waals surface area contributed by atoms with Gasteiger partial charge in [0.25, 0.3) is 0 Å². The number of aryl methyl sites for hydroxylation is 1. The Kier molecular flexibility index (Phi) is 6.56. The molecule has 0 radical (unpaired) electrons. The summed E-state index contributed by atoms with van der Waals surface area (Å²) in [6, 6.07) is 8.33. The number of aromatic nitrogens is 1. The molecule has 1 aliphatic heterocycles. The van der Waals surface area contributed by atoms with E-state index in [0.717, 1.165) is 53.8 Å². The van der Waals surface area contributed by atoms with E-state index in [-0.39, 0.29) is 16.8 Å². The molecule has 5 rings (SSSR count). The fraction of sp³-hybridized carbons (Fsp3) is 0.500. The molecule has 2 atom stereocenters. The van der Waals surface area contributed by atoms with Crippen LogP contribution in [0.1, 0.15) is 62.3 Å². The van der Waals surface area contributed by atoms with Crippen molar-refractivity contribution in [1.29, 1.82) is 0 Å². The van der Waals surface area contributed by atoms with Crippen molar-refractivity contribution in [1.82, 2.24) is 9.47 Å². The van der Waals surface area contributed by atoms with Crippen molar-refractivity contribution in [3.8, 4) is 17.2 Å². The quantitative estimate of drug-likeness (QED) is 0.382. The maximum absolute atomic E-state index is 10.9. The second kappa shape index (κ2) is 9.43. The van der Waals surface area contributed by atoms with Crippen LogP contribution in [0.5, 0.6) is 17.2 Å². The van der Waals surface area contributed by atoms with Crippen molar-refractivity contribution in [3.05, 3.63) is 52.7 Å². The molecule has 2 aliphatic rings. The largest absolute Gasteiger partial charge is 0.504 e. The molecule has 2 aromatic carbocycles. The van der Waals surface area contributed by atoms with Gasteiger partial charge < -0.3 is 24.0 Å². The Morgan fingerprint density at radius 2 is 1.84 bits per heavy atom. The van der Waals surface area contributed by atoms with Gasteiger partial charge in [-0.2, -0.15) is 0 Å². The molecule has 5 nitrogen and oxygen atoms in total. The molecule has 1 fully saturated rings. The number of rotatable bonds is 6. The van der Waals surface area contributed by atoms with Crippen LogP contribution in [-0.2, 0) is 19.9 Å². The van der Waals surface area contributed by atoms with E-state index in [0.29, 0.717) is 11.7 Å². The van der Waals surface area contributed by atoms with Crippen LogP contribution in [0.4, 0.5) is 0 Å². The van der Waals surface area contributed by atoms with E-state index in [1.807, 2.05) is 6.07 Å². The molecular formula is C32H42N2O3. The highest BCUT2D eigenvalue weighted by molar-refractivity contribution is 5.93. The Labute approximate surface area is 221 Å². The third-order valence-corrected chi connectivity index (χ3v) is 8.77.